The number of piperidine rings is 1. The van der Waals surface area contributed by atoms with Crippen LogP contribution in [0.4, 0.5) is 4.39 Å². The molecule has 1 aromatic carbocycles. The van der Waals surface area contributed by atoms with Crippen molar-refractivity contribution >= 4 is 21.6 Å². The van der Waals surface area contributed by atoms with Gasteiger partial charge in [0, 0.05) is 10.9 Å². The van der Waals surface area contributed by atoms with Crippen molar-refractivity contribution in [3.63, 3.8) is 0 Å². The lowest BCUT2D eigenvalue weighted by Crippen LogP contribution is -3.11. The van der Waals surface area contributed by atoms with Crippen LogP contribution in [0.5, 0.6) is 0 Å². The van der Waals surface area contributed by atoms with Crippen molar-refractivity contribution in [3.05, 3.63) is 51.6 Å². The summed E-state index contributed by atoms with van der Waals surface area (Å²) in [7, 11) is 0. The van der Waals surface area contributed by atoms with Crippen LogP contribution in [-0.4, -0.2) is 23.1 Å². The van der Waals surface area contributed by atoms with Crippen molar-refractivity contribution in [2.75, 3.05) is 13.1 Å². The topological polar surface area (TPSA) is 50.2 Å². The summed E-state index contributed by atoms with van der Waals surface area (Å²) in [6.07, 6.45) is 3.80. The molecule has 4 nitrogen and oxygen atoms in total. The van der Waals surface area contributed by atoms with Crippen LogP contribution in [0.15, 0.2) is 34.4 Å². The van der Waals surface area contributed by atoms with E-state index in [1.807, 2.05) is 5.38 Å². The normalized spacial score (nSPS) is 15.9. The number of hydrogen-bond acceptors (Lipinski definition) is 3. The van der Waals surface area contributed by atoms with Gasteiger partial charge in [0.2, 0.25) is 0 Å². The van der Waals surface area contributed by atoms with Crippen LogP contribution < -0.4 is 10.5 Å². The number of nitrogens with zero attached hydrogens (tertiary/aromatic N) is 1. The number of aromatic nitrogens is 2. The highest BCUT2D eigenvalue weighted by atomic mass is 32.1. The maximum absolute atomic E-state index is 13.1. The number of fused-ring (bicyclic) bond motifs is 1. The van der Waals surface area contributed by atoms with Gasteiger partial charge in [-0.25, -0.2) is 9.37 Å². The highest BCUT2D eigenvalue weighted by Gasteiger charge is 2.18. The van der Waals surface area contributed by atoms with Gasteiger partial charge in [-0.1, -0.05) is 12.1 Å². The number of benzene rings is 1. The van der Waals surface area contributed by atoms with Gasteiger partial charge in [0.25, 0.3) is 5.56 Å². The number of quaternary nitrogens is 1. The standard InChI is InChI=1S/C18H18FN3OS/c19-13-6-4-12(5-7-13)14-11-24-18-16(14)17(23)20-15(21-18)10-22-8-2-1-3-9-22/h4-7,11H,1-3,8-10H2,(H,20,21,23)/p+1. The van der Waals surface area contributed by atoms with Gasteiger partial charge < -0.3 is 9.88 Å². The number of likely N-dealkylation sites (tertiary alicyclic amines) is 1. The van der Waals surface area contributed by atoms with E-state index in [2.05, 4.69) is 9.97 Å². The first-order chi connectivity index (χ1) is 11.7. The molecule has 3 heterocycles. The maximum Gasteiger partial charge on any atom is 0.260 e. The average molecular weight is 344 g/mol. The zero-order chi connectivity index (χ0) is 16.5. The Morgan fingerprint density at radius 3 is 2.67 bits per heavy atom. The van der Waals surface area contributed by atoms with E-state index in [4.69, 9.17) is 0 Å². The van der Waals surface area contributed by atoms with Gasteiger partial charge in [0.15, 0.2) is 5.82 Å². The molecular weight excluding hydrogens is 325 g/mol. The molecule has 6 heteroatoms. The van der Waals surface area contributed by atoms with Crippen molar-refractivity contribution in [2.24, 2.45) is 0 Å². The van der Waals surface area contributed by atoms with Gasteiger partial charge in [-0.3, -0.25) is 4.79 Å². The molecule has 2 N–H and O–H groups in total. The second-order valence-corrected chi connectivity index (χ2v) is 7.19. The Kier molecular flexibility index (Phi) is 4.16. The van der Waals surface area contributed by atoms with Gasteiger partial charge >= 0.3 is 0 Å². The molecule has 24 heavy (non-hydrogen) atoms. The molecule has 0 amide bonds. The Labute approximate surface area is 143 Å². The smallest absolute Gasteiger partial charge is 0.260 e. The molecule has 2 aromatic heterocycles. The molecule has 0 aliphatic carbocycles. The van der Waals surface area contributed by atoms with Crippen LogP contribution in [0.3, 0.4) is 0 Å². The third-order valence-electron chi connectivity index (χ3n) is 4.63. The number of H-pyrrole nitrogens is 1. The molecule has 1 saturated heterocycles. The number of rotatable bonds is 3. The largest absolute Gasteiger partial charge is 0.329 e. The molecule has 124 valence electrons. The first kappa shape index (κ1) is 15.5. The second-order valence-electron chi connectivity index (χ2n) is 6.34. The van der Waals surface area contributed by atoms with E-state index in [1.54, 1.807) is 12.1 Å². The predicted molar refractivity (Wildman–Crippen MR) is 93.9 cm³/mol. The van der Waals surface area contributed by atoms with E-state index in [0.717, 1.165) is 41.4 Å². The van der Waals surface area contributed by atoms with Gasteiger partial charge in [-0.15, -0.1) is 11.3 Å². The molecule has 1 aliphatic heterocycles. The van der Waals surface area contributed by atoms with Crippen LogP contribution in [0.2, 0.25) is 0 Å². The molecule has 0 bridgehead atoms. The molecule has 1 fully saturated rings. The quantitative estimate of drug-likeness (QED) is 0.766. The summed E-state index contributed by atoms with van der Waals surface area (Å²) in [5.74, 6) is 0.481. The van der Waals surface area contributed by atoms with Gasteiger partial charge in [-0.05, 0) is 37.0 Å². The fraction of sp³-hybridized carbons (Fsp3) is 0.333. The van der Waals surface area contributed by atoms with E-state index in [-0.39, 0.29) is 11.4 Å². The Bertz CT molecular complexity index is 910. The summed E-state index contributed by atoms with van der Waals surface area (Å²) in [6.45, 7) is 3.06. The van der Waals surface area contributed by atoms with Crippen molar-refractivity contribution in [3.8, 4) is 11.1 Å². The molecule has 0 spiro atoms. The molecule has 0 radical (unpaired) electrons. The highest BCUT2D eigenvalue weighted by Crippen LogP contribution is 2.30. The zero-order valence-corrected chi connectivity index (χ0v) is 14.1. The number of nitrogens with one attached hydrogen (secondary N) is 2. The fourth-order valence-corrected chi connectivity index (χ4v) is 4.35. The summed E-state index contributed by atoms with van der Waals surface area (Å²) in [5, 5.41) is 2.53. The zero-order valence-electron chi connectivity index (χ0n) is 13.3. The molecule has 0 unspecified atom stereocenters. The summed E-state index contributed by atoms with van der Waals surface area (Å²) < 4.78 is 13.1. The summed E-state index contributed by atoms with van der Waals surface area (Å²) in [4.78, 5) is 22.4. The fourth-order valence-electron chi connectivity index (χ4n) is 3.38. The third-order valence-corrected chi connectivity index (χ3v) is 5.50. The third kappa shape index (κ3) is 2.99. The minimum Gasteiger partial charge on any atom is -0.329 e. The summed E-state index contributed by atoms with van der Waals surface area (Å²) in [5.41, 5.74) is 1.55. The summed E-state index contributed by atoms with van der Waals surface area (Å²) >= 11 is 1.47. The monoisotopic (exact) mass is 344 g/mol. The lowest BCUT2D eigenvalue weighted by molar-refractivity contribution is -0.919. The van der Waals surface area contributed by atoms with Crippen molar-refractivity contribution < 1.29 is 9.29 Å². The maximum atomic E-state index is 13.1. The molecule has 0 atom stereocenters. The Morgan fingerprint density at radius 2 is 1.92 bits per heavy atom. The SMILES string of the molecule is O=c1[nH]c(C[NH+]2CCCCC2)nc2scc(-c3ccc(F)cc3)c12. The van der Waals surface area contributed by atoms with Crippen LogP contribution >= 0.6 is 11.3 Å². The van der Waals surface area contributed by atoms with E-state index in [9.17, 15) is 9.18 Å². The molecule has 3 aromatic rings. The van der Waals surface area contributed by atoms with Crippen molar-refractivity contribution in [1.29, 1.82) is 0 Å². The van der Waals surface area contributed by atoms with Gasteiger partial charge in [0.1, 0.15) is 17.2 Å². The first-order valence-electron chi connectivity index (χ1n) is 8.30. The second kappa shape index (κ2) is 6.45. The Morgan fingerprint density at radius 1 is 1.17 bits per heavy atom. The van der Waals surface area contributed by atoms with Gasteiger partial charge in [-0.2, -0.15) is 0 Å². The van der Waals surface area contributed by atoms with Crippen LogP contribution in [-0.2, 0) is 6.54 Å². The van der Waals surface area contributed by atoms with E-state index in [0.29, 0.717) is 5.39 Å². The molecule has 0 saturated carbocycles. The predicted octanol–water partition coefficient (Wildman–Crippen LogP) is 2.36. The Hall–Kier alpha value is -2.05. The van der Waals surface area contributed by atoms with Crippen LogP contribution in [0.1, 0.15) is 25.1 Å². The van der Waals surface area contributed by atoms with E-state index >= 15 is 0 Å². The van der Waals surface area contributed by atoms with E-state index in [1.165, 1.54) is 47.6 Å². The Balaban J connectivity index is 1.70. The minimum atomic E-state index is -0.280. The number of thiophene rings is 1. The number of halogens is 1. The number of aromatic amines is 1. The lowest BCUT2D eigenvalue weighted by Gasteiger charge is -2.22. The summed E-state index contributed by atoms with van der Waals surface area (Å²) in [6, 6.07) is 6.22. The van der Waals surface area contributed by atoms with Crippen molar-refractivity contribution in [1.82, 2.24) is 9.97 Å². The van der Waals surface area contributed by atoms with Crippen molar-refractivity contribution in [2.45, 2.75) is 25.8 Å². The first-order valence-corrected chi connectivity index (χ1v) is 9.18. The highest BCUT2D eigenvalue weighted by molar-refractivity contribution is 7.17. The van der Waals surface area contributed by atoms with Crippen LogP contribution in [0.25, 0.3) is 21.3 Å². The van der Waals surface area contributed by atoms with Crippen LogP contribution in [0, 0.1) is 5.82 Å². The van der Waals surface area contributed by atoms with E-state index < -0.39 is 0 Å². The average Bonchev–Trinajstić information content (AvgIpc) is 3.01. The number of hydrogen-bond donors (Lipinski definition) is 2. The molecular formula is C18H19FN3OS+. The molecule has 4 rings (SSSR count). The molecule has 1 aliphatic rings. The lowest BCUT2D eigenvalue weighted by atomic mass is 10.1. The minimum absolute atomic E-state index is 0.105. The van der Waals surface area contributed by atoms with Gasteiger partial charge in [0.05, 0.1) is 18.5 Å².